The summed E-state index contributed by atoms with van der Waals surface area (Å²) in [6.45, 7) is 0.620. The molecule has 1 aromatic carbocycles. The van der Waals surface area contributed by atoms with E-state index in [4.69, 9.17) is 14.6 Å². The van der Waals surface area contributed by atoms with E-state index in [1.165, 1.54) is 12.1 Å². The first kappa shape index (κ1) is 17.7. The van der Waals surface area contributed by atoms with Gasteiger partial charge in [0.15, 0.2) is 0 Å². The maximum atomic E-state index is 12.7. The van der Waals surface area contributed by atoms with Crippen molar-refractivity contribution in [1.82, 2.24) is 5.32 Å². The molecule has 2 N–H and O–H groups in total. The molecular formula is C15H18F3NO4. The van der Waals surface area contributed by atoms with Gasteiger partial charge < -0.3 is 19.9 Å². The summed E-state index contributed by atoms with van der Waals surface area (Å²) in [5.41, 5.74) is -0.933. The van der Waals surface area contributed by atoms with E-state index < -0.39 is 23.8 Å². The maximum absolute atomic E-state index is 12.7. The molecule has 1 amide bonds. The molecule has 1 saturated heterocycles. The van der Waals surface area contributed by atoms with Gasteiger partial charge in [-0.05, 0) is 24.6 Å². The van der Waals surface area contributed by atoms with Crippen LogP contribution in [0.3, 0.4) is 0 Å². The van der Waals surface area contributed by atoms with Gasteiger partial charge in [-0.2, -0.15) is 13.2 Å². The van der Waals surface area contributed by atoms with Gasteiger partial charge in [0.25, 0.3) is 5.91 Å². The average molecular weight is 333 g/mol. The molecule has 0 spiro atoms. The van der Waals surface area contributed by atoms with E-state index in [-0.39, 0.29) is 31.4 Å². The van der Waals surface area contributed by atoms with E-state index >= 15 is 0 Å². The van der Waals surface area contributed by atoms with Gasteiger partial charge in [0.2, 0.25) is 0 Å². The van der Waals surface area contributed by atoms with Crippen LogP contribution in [0.4, 0.5) is 13.2 Å². The highest BCUT2D eigenvalue weighted by molar-refractivity contribution is 5.94. The Morgan fingerprint density at radius 3 is 2.91 bits per heavy atom. The van der Waals surface area contributed by atoms with Crippen molar-refractivity contribution < 1.29 is 32.5 Å². The number of benzene rings is 1. The Morgan fingerprint density at radius 1 is 1.43 bits per heavy atom. The molecule has 2 atom stereocenters. The fourth-order valence-corrected chi connectivity index (χ4v) is 2.33. The second-order valence-electron chi connectivity index (χ2n) is 5.15. The number of ether oxygens (including phenoxy) is 2. The standard InChI is InChI=1S/C15H18F3NO4/c16-15(17,18)11-3-1-2-10(8-11)14(21)19-12-4-6-22-9-13(12)23-7-5-20/h1-3,8,12-13,20H,4-7,9H2,(H,19,21)/t12-,13-/m0/s1. The number of aliphatic hydroxyl groups is 1. The number of carbonyl (C=O) groups excluding carboxylic acids is 1. The largest absolute Gasteiger partial charge is 0.416 e. The molecule has 128 valence electrons. The number of halogens is 3. The second-order valence-corrected chi connectivity index (χ2v) is 5.15. The lowest BCUT2D eigenvalue weighted by Gasteiger charge is -2.32. The van der Waals surface area contributed by atoms with Crippen LogP contribution in [0.2, 0.25) is 0 Å². The van der Waals surface area contributed by atoms with Crippen LogP contribution < -0.4 is 5.32 Å². The zero-order valence-electron chi connectivity index (χ0n) is 12.3. The molecule has 0 aliphatic carbocycles. The lowest BCUT2D eigenvalue weighted by atomic mass is 10.0. The Balaban J connectivity index is 2.05. The van der Waals surface area contributed by atoms with Crippen LogP contribution in [0.1, 0.15) is 22.3 Å². The van der Waals surface area contributed by atoms with Crippen LogP contribution in [0, 0.1) is 0 Å². The van der Waals surface area contributed by atoms with Crippen molar-refractivity contribution >= 4 is 5.91 Å². The number of carbonyl (C=O) groups is 1. The van der Waals surface area contributed by atoms with Gasteiger partial charge in [0, 0.05) is 12.2 Å². The number of rotatable bonds is 5. The van der Waals surface area contributed by atoms with Gasteiger partial charge in [-0.25, -0.2) is 0 Å². The Hall–Kier alpha value is -1.64. The van der Waals surface area contributed by atoms with E-state index in [0.29, 0.717) is 13.0 Å². The Kier molecular flexibility index (Phi) is 5.97. The summed E-state index contributed by atoms with van der Waals surface area (Å²) in [5, 5.41) is 11.5. The maximum Gasteiger partial charge on any atom is 0.416 e. The molecule has 1 aliphatic rings. The lowest BCUT2D eigenvalue weighted by Crippen LogP contribution is -2.50. The molecule has 1 heterocycles. The zero-order valence-corrected chi connectivity index (χ0v) is 12.3. The van der Waals surface area contributed by atoms with Crippen molar-refractivity contribution in [2.75, 3.05) is 26.4 Å². The average Bonchev–Trinajstić information content (AvgIpc) is 2.53. The Morgan fingerprint density at radius 2 is 2.22 bits per heavy atom. The summed E-state index contributed by atoms with van der Waals surface area (Å²) in [7, 11) is 0. The molecule has 0 saturated carbocycles. The van der Waals surface area contributed by atoms with Crippen molar-refractivity contribution in [2.24, 2.45) is 0 Å². The highest BCUT2D eigenvalue weighted by Gasteiger charge is 2.32. The monoisotopic (exact) mass is 333 g/mol. The Bertz CT molecular complexity index is 536. The molecule has 1 aromatic rings. The minimum atomic E-state index is -4.50. The van der Waals surface area contributed by atoms with Crippen molar-refractivity contribution in [3.8, 4) is 0 Å². The molecule has 23 heavy (non-hydrogen) atoms. The van der Waals surface area contributed by atoms with E-state index in [9.17, 15) is 18.0 Å². The number of alkyl halides is 3. The first-order valence-electron chi connectivity index (χ1n) is 7.20. The van der Waals surface area contributed by atoms with E-state index in [0.717, 1.165) is 12.1 Å². The smallest absolute Gasteiger partial charge is 0.394 e. The number of nitrogens with one attached hydrogen (secondary N) is 1. The first-order valence-corrected chi connectivity index (χ1v) is 7.20. The van der Waals surface area contributed by atoms with Gasteiger partial charge in [-0.3, -0.25) is 4.79 Å². The summed E-state index contributed by atoms with van der Waals surface area (Å²) in [4.78, 5) is 12.2. The molecule has 0 bridgehead atoms. The summed E-state index contributed by atoms with van der Waals surface area (Å²) in [6, 6.07) is 3.88. The van der Waals surface area contributed by atoms with Crippen LogP contribution in [-0.2, 0) is 15.7 Å². The van der Waals surface area contributed by atoms with Gasteiger partial charge in [0.05, 0.1) is 31.4 Å². The summed E-state index contributed by atoms with van der Waals surface area (Å²) >= 11 is 0. The SMILES string of the molecule is O=C(N[C@H]1CCOC[C@@H]1OCCO)c1cccc(C(F)(F)F)c1. The number of hydrogen-bond acceptors (Lipinski definition) is 4. The van der Waals surface area contributed by atoms with E-state index in [1.807, 2.05) is 0 Å². The van der Waals surface area contributed by atoms with Crippen LogP contribution in [0.15, 0.2) is 24.3 Å². The fourth-order valence-electron chi connectivity index (χ4n) is 2.33. The molecule has 2 rings (SSSR count). The molecule has 0 radical (unpaired) electrons. The lowest BCUT2D eigenvalue weighted by molar-refractivity contribution is -0.137. The third-order valence-corrected chi connectivity index (χ3v) is 3.50. The zero-order chi connectivity index (χ0) is 16.9. The molecule has 0 aromatic heterocycles. The minimum Gasteiger partial charge on any atom is -0.394 e. The van der Waals surface area contributed by atoms with Gasteiger partial charge >= 0.3 is 6.18 Å². The van der Waals surface area contributed by atoms with Crippen LogP contribution in [-0.4, -0.2) is 49.6 Å². The summed E-state index contributed by atoms with van der Waals surface area (Å²) < 4.78 is 48.7. The van der Waals surface area contributed by atoms with Crippen molar-refractivity contribution in [2.45, 2.75) is 24.7 Å². The molecule has 8 heteroatoms. The molecule has 0 unspecified atom stereocenters. The first-order chi connectivity index (χ1) is 10.9. The fraction of sp³-hybridized carbons (Fsp3) is 0.533. The number of amides is 1. The summed E-state index contributed by atoms with van der Waals surface area (Å²) in [5.74, 6) is -0.597. The topological polar surface area (TPSA) is 67.8 Å². The van der Waals surface area contributed by atoms with Gasteiger partial charge in [-0.1, -0.05) is 6.07 Å². The van der Waals surface area contributed by atoms with Gasteiger partial charge in [0.1, 0.15) is 6.10 Å². The second kappa shape index (κ2) is 7.76. The summed E-state index contributed by atoms with van der Waals surface area (Å²) in [6.07, 6.45) is -4.45. The normalized spacial score (nSPS) is 21.9. The molecule has 5 nitrogen and oxygen atoms in total. The number of hydrogen-bond donors (Lipinski definition) is 2. The van der Waals surface area contributed by atoms with Gasteiger partial charge in [-0.15, -0.1) is 0 Å². The quantitative estimate of drug-likeness (QED) is 0.859. The molecule has 1 aliphatic heterocycles. The van der Waals surface area contributed by atoms with Crippen molar-refractivity contribution in [1.29, 1.82) is 0 Å². The number of aliphatic hydroxyl groups excluding tert-OH is 1. The third-order valence-electron chi connectivity index (χ3n) is 3.50. The highest BCUT2D eigenvalue weighted by Crippen LogP contribution is 2.29. The van der Waals surface area contributed by atoms with Crippen LogP contribution >= 0.6 is 0 Å². The highest BCUT2D eigenvalue weighted by atomic mass is 19.4. The van der Waals surface area contributed by atoms with Crippen molar-refractivity contribution in [3.63, 3.8) is 0 Å². The molecule has 1 fully saturated rings. The van der Waals surface area contributed by atoms with E-state index in [1.54, 1.807) is 0 Å². The minimum absolute atomic E-state index is 0.0628. The predicted molar refractivity (Wildman–Crippen MR) is 75.0 cm³/mol. The Labute approximate surface area is 131 Å². The predicted octanol–water partition coefficient (Wildman–Crippen LogP) is 1.60. The third kappa shape index (κ3) is 4.92. The van der Waals surface area contributed by atoms with Crippen molar-refractivity contribution in [3.05, 3.63) is 35.4 Å². The van der Waals surface area contributed by atoms with E-state index in [2.05, 4.69) is 5.32 Å². The molecular weight excluding hydrogens is 315 g/mol. The van der Waals surface area contributed by atoms with Crippen LogP contribution in [0.5, 0.6) is 0 Å². The van der Waals surface area contributed by atoms with Crippen LogP contribution in [0.25, 0.3) is 0 Å².